The molecule has 1 aliphatic carbocycles. The van der Waals surface area contributed by atoms with Gasteiger partial charge in [0.1, 0.15) is 6.04 Å². The second kappa shape index (κ2) is 13.0. The molecule has 0 unspecified atom stereocenters. The summed E-state index contributed by atoms with van der Waals surface area (Å²) in [6.07, 6.45) is 5.24. The number of benzene rings is 2. The molecular weight excluding hydrogens is 474 g/mol. The molecule has 0 heterocycles. The molecule has 2 aromatic rings. The molecule has 196 valence electrons. The SMILES string of the molecule is CC[C@@H](C(=O)NC1CCCC1)N(Cc1cccc(C)c1)C(=O)CCCN(C)S(=O)(=O)c1ccccc1. The predicted molar refractivity (Wildman–Crippen MR) is 142 cm³/mol. The Kier molecular flexibility index (Phi) is 10.1. The molecule has 3 rings (SSSR count). The van der Waals surface area contributed by atoms with Gasteiger partial charge in [0.2, 0.25) is 21.8 Å². The Morgan fingerprint density at radius 2 is 1.75 bits per heavy atom. The van der Waals surface area contributed by atoms with Crippen LogP contribution in [0.25, 0.3) is 0 Å². The number of sulfonamides is 1. The molecule has 0 saturated heterocycles. The second-order valence-corrected chi connectivity index (χ2v) is 11.7. The van der Waals surface area contributed by atoms with Crippen LogP contribution in [0, 0.1) is 6.92 Å². The van der Waals surface area contributed by atoms with Crippen molar-refractivity contribution in [2.24, 2.45) is 0 Å². The summed E-state index contributed by atoms with van der Waals surface area (Å²) in [6, 6.07) is 15.8. The molecule has 0 radical (unpaired) electrons. The molecule has 2 aromatic carbocycles. The smallest absolute Gasteiger partial charge is 0.243 e. The van der Waals surface area contributed by atoms with Gasteiger partial charge >= 0.3 is 0 Å². The monoisotopic (exact) mass is 513 g/mol. The van der Waals surface area contributed by atoms with Crippen LogP contribution in [0.2, 0.25) is 0 Å². The maximum Gasteiger partial charge on any atom is 0.243 e. The lowest BCUT2D eigenvalue weighted by Gasteiger charge is -2.32. The number of amides is 2. The summed E-state index contributed by atoms with van der Waals surface area (Å²) >= 11 is 0. The molecule has 1 fully saturated rings. The van der Waals surface area contributed by atoms with E-state index in [1.54, 1.807) is 35.2 Å². The molecule has 7 nitrogen and oxygen atoms in total. The van der Waals surface area contributed by atoms with Crippen LogP contribution >= 0.6 is 0 Å². The zero-order valence-corrected chi connectivity index (χ0v) is 22.5. The molecule has 1 atom stereocenters. The van der Waals surface area contributed by atoms with E-state index < -0.39 is 16.1 Å². The van der Waals surface area contributed by atoms with E-state index in [-0.39, 0.29) is 35.7 Å². The topological polar surface area (TPSA) is 86.8 Å². The lowest BCUT2D eigenvalue weighted by atomic mass is 10.1. The molecule has 0 aliphatic heterocycles. The second-order valence-electron chi connectivity index (χ2n) is 9.67. The average molecular weight is 514 g/mol. The van der Waals surface area contributed by atoms with Gasteiger partial charge in [-0.05, 0) is 50.3 Å². The number of hydrogen-bond acceptors (Lipinski definition) is 4. The largest absolute Gasteiger partial charge is 0.352 e. The Hall–Kier alpha value is -2.71. The van der Waals surface area contributed by atoms with Gasteiger partial charge in [-0.1, -0.05) is 67.8 Å². The minimum absolute atomic E-state index is 0.103. The van der Waals surface area contributed by atoms with Gasteiger partial charge in [-0.2, -0.15) is 0 Å². The van der Waals surface area contributed by atoms with Crippen LogP contribution in [0.3, 0.4) is 0 Å². The van der Waals surface area contributed by atoms with Crippen molar-refractivity contribution in [2.75, 3.05) is 13.6 Å². The van der Waals surface area contributed by atoms with E-state index in [0.29, 0.717) is 19.4 Å². The average Bonchev–Trinajstić information content (AvgIpc) is 3.37. The van der Waals surface area contributed by atoms with E-state index in [2.05, 4.69) is 5.32 Å². The van der Waals surface area contributed by atoms with Crippen molar-refractivity contribution < 1.29 is 18.0 Å². The molecule has 1 aliphatic rings. The number of carbonyl (C=O) groups excluding carboxylic acids is 2. The fourth-order valence-electron chi connectivity index (χ4n) is 4.78. The summed E-state index contributed by atoms with van der Waals surface area (Å²) in [7, 11) is -2.09. The van der Waals surface area contributed by atoms with Gasteiger partial charge in [0.05, 0.1) is 4.90 Å². The van der Waals surface area contributed by atoms with E-state index in [1.165, 1.54) is 11.4 Å². The molecule has 2 amide bonds. The Bertz CT molecular complexity index is 1110. The summed E-state index contributed by atoms with van der Waals surface area (Å²) in [5.74, 6) is -0.246. The number of nitrogens with zero attached hydrogens (tertiary/aromatic N) is 2. The van der Waals surface area contributed by atoms with E-state index in [9.17, 15) is 18.0 Å². The first-order valence-corrected chi connectivity index (χ1v) is 14.3. The van der Waals surface area contributed by atoms with Gasteiger partial charge in [-0.3, -0.25) is 9.59 Å². The van der Waals surface area contributed by atoms with Crippen molar-refractivity contribution in [3.63, 3.8) is 0 Å². The number of carbonyl (C=O) groups is 2. The zero-order chi connectivity index (χ0) is 26.1. The third kappa shape index (κ3) is 7.40. The lowest BCUT2D eigenvalue weighted by Crippen LogP contribution is -2.51. The Morgan fingerprint density at radius 3 is 2.39 bits per heavy atom. The van der Waals surface area contributed by atoms with Crippen LogP contribution in [0.5, 0.6) is 0 Å². The third-order valence-electron chi connectivity index (χ3n) is 6.84. The molecule has 0 spiro atoms. The number of hydrogen-bond donors (Lipinski definition) is 1. The van der Waals surface area contributed by atoms with Crippen molar-refractivity contribution in [1.29, 1.82) is 0 Å². The van der Waals surface area contributed by atoms with Crippen molar-refractivity contribution in [2.45, 2.75) is 82.3 Å². The Balaban J connectivity index is 1.69. The van der Waals surface area contributed by atoms with Crippen molar-refractivity contribution >= 4 is 21.8 Å². The van der Waals surface area contributed by atoms with Crippen LogP contribution in [0.15, 0.2) is 59.5 Å². The normalized spacial score (nSPS) is 15.1. The van der Waals surface area contributed by atoms with Crippen LogP contribution in [-0.4, -0.2) is 55.1 Å². The summed E-state index contributed by atoms with van der Waals surface area (Å²) in [5.41, 5.74) is 2.07. The first kappa shape index (κ1) is 27.9. The van der Waals surface area contributed by atoms with E-state index in [4.69, 9.17) is 0 Å². The highest BCUT2D eigenvalue weighted by atomic mass is 32.2. The highest BCUT2D eigenvalue weighted by Crippen LogP contribution is 2.20. The van der Waals surface area contributed by atoms with Gasteiger partial charge in [0.15, 0.2) is 0 Å². The molecule has 0 bridgehead atoms. The minimum atomic E-state index is -3.61. The van der Waals surface area contributed by atoms with Gasteiger partial charge in [-0.25, -0.2) is 12.7 Å². The Labute approximate surface area is 215 Å². The van der Waals surface area contributed by atoms with E-state index >= 15 is 0 Å². The maximum absolute atomic E-state index is 13.5. The van der Waals surface area contributed by atoms with Crippen molar-refractivity contribution in [1.82, 2.24) is 14.5 Å². The van der Waals surface area contributed by atoms with Gasteiger partial charge in [-0.15, -0.1) is 0 Å². The minimum Gasteiger partial charge on any atom is -0.352 e. The number of rotatable bonds is 12. The van der Waals surface area contributed by atoms with Gasteiger partial charge < -0.3 is 10.2 Å². The van der Waals surface area contributed by atoms with Gasteiger partial charge in [0, 0.05) is 32.6 Å². The molecule has 8 heteroatoms. The maximum atomic E-state index is 13.5. The van der Waals surface area contributed by atoms with Crippen LogP contribution in [0.1, 0.15) is 63.0 Å². The van der Waals surface area contributed by atoms with Gasteiger partial charge in [0.25, 0.3) is 0 Å². The van der Waals surface area contributed by atoms with E-state index in [0.717, 1.165) is 36.8 Å². The quantitative estimate of drug-likeness (QED) is 0.459. The molecule has 0 aromatic heterocycles. The highest BCUT2D eigenvalue weighted by Gasteiger charge is 2.30. The first-order valence-electron chi connectivity index (χ1n) is 12.9. The third-order valence-corrected chi connectivity index (χ3v) is 8.71. The molecule has 36 heavy (non-hydrogen) atoms. The number of nitrogens with one attached hydrogen (secondary N) is 1. The highest BCUT2D eigenvalue weighted by molar-refractivity contribution is 7.89. The lowest BCUT2D eigenvalue weighted by molar-refractivity contribution is -0.141. The van der Waals surface area contributed by atoms with Crippen molar-refractivity contribution in [3.8, 4) is 0 Å². The van der Waals surface area contributed by atoms with E-state index in [1.807, 2.05) is 38.1 Å². The summed E-state index contributed by atoms with van der Waals surface area (Å²) < 4.78 is 26.9. The summed E-state index contributed by atoms with van der Waals surface area (Å²) in [4.78, 5) is 28.6. The number of aryl methyl sites for hydroxylation is 1. The predicted octanol–water partition coefficient (Wildman–Crippen LogP) is 4.26. The van der Waals surface area contributed by atoms with Crippen LogP contribution in [-0.2, 0) is 26.2 Å². The molecular formula is C28H39N3O4S. The first-order chi connectivity index (χ1) is 17.2. The molecule has 1 N–H and O–H groups in total. The standard InChI is InChI=1S/C28H39N3O4S/c1-4-26(28(33)29-24-14-8-9-15-24)31(21-23-13-10-12-22(2)20-23)27(32)18-11-19-30(3)36(34,35)25-16-6-5-7-17-25/h5-7,10,12-13,16-17,20,24,26H,4,8-9,11,14-15,18-19,21H2,1-3H3,(H,29,33)/t26-/m0/s1. The summed E-state index contributed by atoms with van der Waals surface area (Å²) in [6.45, 7) is 4.49. The van der Waals surface area contributed by atoms with Crippen LogP contribution < -0.4 is 5.32 Å². The van der Waals surface area contributed by atoms with Crippen molar-refractivity contribution in [3.05, 3.63) is 65.7 Å². The fraction of sp³-hybridized carbons (Fsp3) is 0.500. The summed E-state index contributed by atoms with van der Waals surface area (Å²) in [5, 5.41) is 3.15. The van der Waals surface area contributed by atoms with Crippen LogP contribution in [0.4, 0.5) is 0 Å². The fourth-order valence-corrected chi connectivity index (χ4v) is 6.01. The molecule has 1 saturated carbocycles. The Morgan fingerprint density at radius 1 is 1.06 bits per heavy atom. The zero-order valence-electron chi connectivity index (χ0n) is 21.7.